The number of nitrogens with zero attached hydrogens (tertiary/aromatic N) is 2. The molecule has 3 N–H and O–H groups in total. The highest BCUT2D eigenvalue weighted by Crippen LogP contribution is 2.15. The van der Waals surface area contributed by atoms with Crippen LogP contribution < -0.4 is 11.1 Å². The highest BCUT2D eigenvalue weighted by molar-refractivity contribution is 5.77. The average Bonchev–Trinajstić information content (AvgIpc) is 2.79. The van der Waals surface area contributed by atoms with E-state index >= 15 is 0 Å². The van der Waals surface area contributed by atoms with Crippen molar-refractivity contribution >= 4 is 11.7 Å². The van der Waals surface area contributed by atoms with Crippen molar-refractivity contribution < 1.29 is 4.79 Å². The first-order chi connectivity index (χ1) is 9.22. The molecule has 2 aliphatic heterocycles. The van der Waals surface area contributed by atoms with Crippen LogP contribution in [0.3, 0.4) is 0 Å². The monoisotopic (exact) mass is 260 g/mol. The van der Waals surface area contributed by atoms with Gasteiger partial charge in [0.15, 0.2) is 0 Å². The zero-order chi connectivity index (χ0) is 13.2. The number of benzene rings is 1. The Morgan fingerprint density at radius 1 is 1.26 bits per heavy atom. The second kappa shape index (κ2) is 5.09. The third-order valence-electron chi connectivity index (χ3n) is 4.01. The van der Waals surface area contributed by atoms with E-state index in [-0.39, 0.29) is 6.03 Å². The van der Waals surface area contributed by atoms with Crippen molar-refractivity contribution in [2.45, 2.75) is 12.5 Å². The van der Waals surface area contributed by atoms with Gasteiger partial charge in [0.2, 0.25) is 0 Å². The van der Waals surface area contributed by atoms with Gasteiger partial charge in [-0.15, -0.1) is 0 Å². The molecule has 2 fully saturated rings. The number of amides is 2. The summed E-state index contributed by atoms with van der Waals surface area (Å²) < 4.78 is 0. The number of carbonyl (C=O) groups excluding carboxylic acids is 1. The molecule has 102 valence electrons. The summed E-state index contributed by atoms with van der Waals surface area (Å²) in [6, 6.07) is 8.54. The van der Waals surface area contributed by atoms with Gasteiger partial charge >= 0.3 is 6.03 Å². The highest BCUT2D eigenvalue weighted by Gasteiger charge is 2.34. The molecule has 0 aliphatic carbocycles. The van der Waals surface area contributed by atoms with Crippen LogP contribution in [0, 0.1) is 0 Å². The van der Waals surface area contributed by atoms with E-state index < -0.39 is 0 Å². The number of hydrogen-bond donors (Lipinski definition) is 2. The number of piperazine rings is 1. The standard InChI is InChI=1S/C14H20N4O/c15-12-3-1-11(2-4-12)5-6-17-7-8-18-13(10-17)9-16-14(18)19/h1-4,13H,5-10,15H2,(H,16,19). The SMILES string of the molecule is Nc1ccc(CCN2CCN3C(=O)NCC3C2)cc1. The zero-order valence-electron chi connectivity index (χ0n) is 11.0. The summed E-state index contributed by atoms with van der Waals surface area (Å²) in [7, 11) is 0. The largest absolute Gasteiger partial charge is 0.399 e. The molecule has 5 heteroatoms. The van der Waals surface area contributed by atoms with Gasteiger partial charge in [-0.2, -0.15) is 0 Å². The second-order valence-electron chi connectivity index (χ2n) is 5.33. The van der Waals surface area contributed by atoms with Crippen LogP contribution in [0.4, 0.5) is 10.5 Å². The van der Waals surface area contributed by atoms with Crippen LogP contribution in [0.2, 0.25) is 0 Å². The fourth-order valence-electron chi connectivity index (χ4n) is 2.84. The molecule has 2 saturated heterocycles. The number of fused-ring (bicyclic) bond motifs is 1. The van der Waals surface area contributed by atoms with Crippen molar-refractivity contribution in [1.82, 2.24) is 15.1 Å². The Morgan fingerprint density at radius 3 is 2.84 bits per heavy atom. The zero-order valence-corrected chi connectivity index (χ0v) is 11.0. The maximum absolute atomic E-state index is 11.5. The molecule has 1 aromatic carbocycles. The van der Waals surface area contributed by atoms with E-state index in [1.54, 1.807) is 0 Å². The Morgan fingerprint density at radius 2 is 2.05 bits per heavy atom. The van der Waals surface area contributed by atoms with E-state index in [1.165, 1.54) is 5.56 Å². The Labute approximate surface area is 113 Å². The number of rotatable bonds is 3. The van der Waals surface area contributed by atoms with Crippen molar-refractivity contribution in [3.05, 3.63) is 29.8 Å². The van der Waals surface area contributed by atoms with Gasteiger partial charge in [0.1, 0.15) is 0 Å². The quantitative estimate of drug-likeness (QED) is 0.779. The molecule has 0 saturated carbocycles. The molecule has 1 unspecified atom stereocenters. The highest BCUT2D eigenvalue weighted by atomic mass is 16.2. The van der Waals surface area contributed by atoms with E-state index in [9.17, 15) is 4.79 Å². The lowest BCUT2D eigenvalue weighted by atomic mass is 10.1. The summed E-state index contributed by atoms with van der Waals surface area (Å²) in [5.74, 6) is 0. The first kappa shape index (κ1) is 12.3. The minimum Gasteiger partial charge on any atom is -0.399 e. The number of hydrogen-bond acceptors (Lipinski definition) is 3. The van der Waals surface area contributed by atoms with Gasteiger partial charge < -0.3 is 16.0 Å². The lowest BCUT2D eigenvalue weighted by Crippen LogP contribution is -2.52. The normalized spacial score (nSPS) is 23.3. The van der Waals surface area contributed by atoms with Crippen LogP contribution in [-0.4, -0.2) is 54.6 Å². The van der Waals surface area contributed by atoms with Gasteiger partial charge in [-0.25, -0.2) is 4.79 Å². The molecule has 3 rings (SSSR count). The topological polar surface area (TPSA) is 61.6 Å². The molecule has 1 atom stereocenters. The van der Waals surface area contributed by atoms with Crippen molar-refractivity contribution in [2.75, 3.05) is 38.5 Å². The summed E-state index contributed by atoms with van der Waals surface area (Å²) in [5.41, 5.74) is 7.81. The molecule has 0 aromatic heterocycles. The number of nitrogens with two attached hydrogens (primary N) is 1. The number of urea groups is 1. The molecule has 19 heavy (non-hydrogen) atoms. The van der Waals surface area contributed by atoms with E-state index in [1.807, 2.05) is 17.0 Å². The van der Waals surface area contributed by atoms with Crippen LogP contribution in [0.5, 0.6) is 0 Å². The fraction of sp³-hybridized carbons (Fsp3) is 0.500. The van der Waals surface area contributed by atoms with Gasteiger partial charge in [-0.1, -0.05) is 12.1 Å². The Balaban J connectivity index is 1.51. The predicted octanol–water partition coefficient (Wildman–Crippen LogP) is 0.521. The van der Waals surface area contributed by atoms with E-state index in [4.69, 9.17) is 5.73 Å². The average molecular weight is 260 g/mol. The minimum atomic E-state index is 0.100. The molecule has 2 amide bonds. The number of anilines is 1. The maximum Gasteiger partial charge on any atom is 0.317 e. The van der Waals surface area contributed by atoms with E-state index in [0.717, 1.165) is 44.8 Å². The van der Waals surface area contributed by atoms with E-state index in [2.05, 4.69) is 22.3 Å². The fourth-order valence-corrected chi connectivity index (χ4v) is 2.84. The van der Waals surface area contributed by atoms with Gasteiger partial charge in [0.05, 0.1) is 6.04 Å². The Bertz CT molecular complexity index is 459. The Hall–Kier alpha value is -1.75. The summed E-state index contributed by atoms with van der Waals surface area (Å²) >= 11 is 0. The van der Waals surface area contributed by atoms with Crippen LogP contribution in [0.25, 0.3) is 0 Å². The van der Waals surface area contributed by atoms with Crippen molar-refractivity contribution in [3.63, 3.8) is 0 Å². The lowest BCUT2D eigenvalue weighted by molar-refractivity contribution is 0.122. The molecule has 5 nitrogen and oxygen atoms in total. The van der Waals surface area contributed by atoms with Crippen LogP contribution >= 0.6 is 0 Å². The predicted molar refractivity (Wildman–Crippen MR) is 74.9 cm³/mol. The first-order valence-electron chi connectivity index (χ1n) is 6.83. The molecule has 0 bridgehead atoms. The van der Waals surface area contributed by atoms with Gasteiger partial charge in [-0.3, -0.25) is 4.90 Å². The lowest BCUT2D eigenvalue weighted by Gasteiger charge is -2.36. The Kier molecular flexibility index (Phi) is 3.29. The molecule has 2 heterocycles. The van der Waals surface area contributed by atoms with Crippen LogP contribution in [0.15, 0.2) is 24.3 Å². The second-order valence-corrected chi connectivity index (χ2v) is 5.33. The minimum absolute atomic E-state index is 0.100. The number of nitrogens with one attached hydrogen (secondary N) is 1. The van der Waals surface area contributed by atoms with Crippen molar-refractivity contribution in [3.8, 4) is 0 Å². The maximum atomic E-state index is 11.5. The molecular weight excluding hydrogens is 240 g/mol. The van der Waals surface area contributed by atoms with E-state index in [0.29, 0.717) is 6.04 Å². The molecule has 0 radical (unpaired) electrons. The summed E-state index contributed by atoms with van der Waals surface area (Å²) in [5, 5.41) is 2.91. The third kappa shape index (κ3) is 2.66. The van der Waals surface area contributed by atoms with Gasteiger partial charge in [0, 0.05) is 38.4 Å². The van der Waals surface area contributed by atoms with Crippen LogP contribution in [-0.2, 0) is 6.42 Å². The summed E-state index contributed by atoms with van der Waals surface area (Å²) in [4.78, 5) is 15.9. The first-order valence-corrected chi connectivity index (χ1v) is 6.83. The smallest absolute Gasteiger partial charge is 0.317 e. The van der Waals surface area contributed by atoms with Gasteiger partial charge in [0.25, 0.3) is 0 Å². The molecule has 2 aliphatic rings. The molecule has 1 aromatic rings. The third-order valence-corrected chi connectivity index (χ3v) is 4.01. The molecule has 0 spiro atoms. The number of carbonyl (C=O) groups is 1. The summed E-state index contributed by atoms with van der Waals surface area (Å²) in [6.45, 7) is 4.63. The number of nitrogen functional groups attached to an aromatic ring is 1. The summed E-state index contributed by atoms with van der Waals surface area (Å²) in [6.07, 6.45) is 1.04. The van der Waals surface area contributed by atoms with Gasteiger partial charge in [-0.05, 0) is 24.1 Å². The molecular formula is C14H20N4O. The van der Waals surface area contributed by atoms with Crippen molar-refractivity contribution in [2.24, 2.45) is 0 Å². The van der Waals surface area contributed by atoms with Crippen LogP contribution in [0.1, 0.15) is 5.56 Å². The van der Waals surface area contributed by atoms with Crippen molar-refractivity contribution in [1.29, 1.82) is 0 Å².